The molecule has 2 aromatic rings. The Bertz CT molecular complexity index is 1000. The number of benzene rings is 2. The SMILES string of the molecule is CCOc1ccc(S(=O)(=O)N(CC(=O)NCCCSC2CCCCC2)c2ccc(C)cc2)cc1. The third-order valence-electron chi connectivity index (χ3n) is 5.88. The minimum absolute atomic E-state index is 0.119. The maximum Gasteiger partial charge on any atom is 0.264 e. The van der Waals surface area contributed by atoms with Crippen LogP contribution in [-0.2, 0) is 14.8 Å². The fraction of sp³-hybridized carbons (Fsp3) is 0.500. The zero-order valence-electron chi connectivity index (χ0n) is 20.2. The van der Waals surface area contributed by atoms with Crippen molar-refractivity contribution in [1.82, 2.24) is 5.32 Å². The Labute approximate surface area is 208 Å². The van der Waals surface area contributed by atoms with Gasteiger partial charge < -0.3 is 10.1 Å². The molecule has 1 aliphatic rings. The largest absolute Gasteiger partial charge is 0.494 e. The fourth-order valence-corrected chi connectivity index (χ4v) is 6.73. The topological polar surface area (TPSA) is 75.7 Å². The van der Waals surface area contributed by atoms with E-state index in [0.29, 0.717) is 24.6 Å². The lowest BCUT2D eigenvalue weighted by molar-refractivity contribution is -0.119. The van der Waals surface area contributed by atoms with Crippen molar-refractivity contribution < 1.29 is 17.9 Å². The summed E-state index contributed by atoms with van der Waals surface area (Å²) in [6.07, 6.45) is 7.48. The van der Waals surface area contributed by atoms with Gasteiger partial charge in [-0.3, -0.25) is 9.10 Å². The van der Waals surface area contributed by atoms with Crippen molar-refractivity contribution in [2.45, 2.75) is 62.5 Å². The van der Waals surface area contributed by atoms with Crippen LogP contribution in [0.25, 0.3) is 0 Å². The van der Waals surface area contributed by atoms with E-state index in [1.165, 1.54) is 48.5 Å². The van der Waals surface area contributed by atoms with Crippen LogP contribution in [0.5, 0.6) is 5.75 Å². The standard InChI is InChI=1S/C26H36N2O4S2/c1-3-32-23-14-16-25(17-15-23)34(30,31)28(22-12-10-21(2)11-13-22)20-26(29)27-18-7-19-33-24-8-5-4-6-9-24/h10-17,24H,3-9,18-20H2,1-2H3,(H,27,29). The lowest BCUT2D eigenvalue weighted by atomic mass is 10.0. The molecule has 1 N–H and O–H groups in total. The number of hydrogen-bond donors (Lipinski definition) is 1. The van der Waals surface area contributed by atoms with E-state index in [-0.39, 0.29) is 17.3 Å². The van der Waals surface area contributed by atoms with Gasteiger partial charge in [0.1, 0.15) is 12.3 Å². The van der Waals surface area contributed by atoms with Crippen molar-refractivity contribution in [2.75, 3.05) is 29.8 Å². The molecule has 186 valence electrons. The number of thioether (sulfide) groups is 1. The number of sulfonamides is 1. The molecule has 0 bridgehead atoms. The number of ether oxygens (including phenoxy) is 1. The minimum Gasteiger partial charge on any atom is -0.494 e. The molecule has 1 aliphatic carbocycles. The summed E-state index contributed by atoms with van der Waals surface area (Å²) in [7, 11) is -3.93. The van der Waals surface area contributed by atoms with Crippen molar-refractivity contribution in [3.8, 4) is 5.75 Å². The number of rotatable bonds is 12. The van der Waals surface area contributed by atoms with E-state index in [0.717, 1.165) is 23.0 Å². The Morgan fingerprint density at radius 2 is 1.74 bits per heavy atom. The zero-order chi connectivity index (χ0) is 24.4. The first-order valence-corrected chi connectivity index (χ1v) is 14.6. The molecule has 0 saturated heterocycles. The van der Waals surface area contributed by atoms with Crippen molar-refractivity contribution in [3.63, 3.8) is 0 Å². The number of nitrogens with zero attached hydrogens (tertiary/aromatic N) is 1. The van der Waals surface area contributed by atoms with Gasteiger partial charge in [-0.15, -0.1) is 0 Å². The number of carbonyl (C=O) groups excluding carboxylic acids is 1. The summed E-state index contributed by atoms with van der Waals surface area (Å²) >= 11 is 2.00. The van der Waals surface area contributed by atoms with Crippen LogP contribution in [0, 0.1) is 6.92 Å². The Morgan fingerprint density at radius 3 is 2.38 bits per heavy atom. The molecule has 6 nitrogen and oxygen atoms in total. The smallest absolute Gasteiger partial charge is 0.264 e. The highest BCUT2D eigenvalue weighted by Gasteiger charge is 2.27. The third kappa shape index (κ3) is 7.67. The van der Waals surface area contributed by atoms with Gasteiger partial charge in [0.25, 0.3) is 10.0 Å². The summed E-state index contributed by atoms with van der Waals surface area (Å²) in [6.45, 7) is 4.59. The van der Waals surface area contributed by atoms with Gasteiger partial charge in [-0.2, -0.15) is 11.8 Å². The second-order valence-corrected chi connectivity index (χ2v) is 11.9. The number of aryl methyl sites for hydroxylation is 1. The van der Waals surface area contributed by atoms with Crippen LogP contribution in [0.15, 0.2) is 53.4 Å². The lowest BCUT2D eigenvalue weighted by Crippen LogP contribution is -2.41. The quantitative estimate of drug-likeness (QED) is 0.404. The van der Waals surface area contributed by atoms with Crippen molar-refractivity contribution in [2.24, 2.45) is 0 Å². The molecule has 0 aliphatic heterocycles. The Balaban J connectivity index is 1.63. The van der Waals surface area contributed by atoms with Crippen LogP contribution in [0.2, 0.25) is 0 Å². The van der Waals surface area contributed by atoms with E-state index in [2.05, 4.69) is 5.32 Å². The van der Waals surface area contributed by atoms with E-state index in [4.69, 9.17) is 4.74 Å². The molecule has 0 radical (unpaired) electrons. The average molecular weight is 505 g/mol. The second kappa shape index (κ2) is 13.0. The van der Waals surface area contributed by atoms with Crippen molar-refractivity contribution >= 4 is 33.4 Å². The Morgan fingerprint density at radius 1 is 1.06 bits per heavy atom. The van der Waals surface area contributed by atoms with Crippen molar-refractivity contribution in [3.05, 3.63) is 54.1 Å². The highest BCUT2D eigenvalue weighted by atomic mass is 32.2. The lowest BCUT2D eigenvalue weighted by Gasteiger charge is -2.24. The number of nitrogens with one attached hydrogen (secondary N) is 1. The van der Waals surface area contributed by atoms with Gasteiger partial charge in [0, 0.05) is 11.8 Å². The summed E-state index contributed by atoms with van der Waals surface area (Å²) < 4.78 is 33.6. The number of anilines is 1. The first-order valence-electron chi connectivity index (χ1n) is 12.1. The normalized spacial score (nSPS) is 14.5. The predicted octanol–water partition coefficient (Wildman–Crippen LogP) is 5.16. The van der Waals surface area contributed by atoms with Crippen LogP contribution >= 0.6 is 11.8 Å². The number of amides is 1. The van der Waals surface area contributed by atoms with E-state index < -0.39 is 10.0 Å². The summed E-state index contributed by atoms with van der Waals surface area (Å²) in [5.74, 6) is 1.31. The summed E-state index contributed by atoms with van der Waals surface area (Å²) in [6, 6.07) is 13.4. The molecule has 0 atom stereocenters. The van der Waals surface area contributed by atoms with Crippen LogP contribution in [0.4, 0.5) is 5.69 Å². The molecule has 8 heteroatoms. The van der Waals surface area contributed by atoms with Gasteiger partial charge in [0.05, 0.1) is 17.2 Å². The van der Waals surface area contributed by atoms with Gasteiger partial charge in [0.2, 0.25) is 5.91 Å². The minimum atomic E-state index is -3.93. The summed E-state index contributed by atoms with van der Waals surface area (Å²) in [5.41, 5.74) is 1.48. The Hall–Kier alpha value is -2.19. The van der Waals surface area contributed by atoms with Crippen LogP contribution in [-0.4, -0.2) is 45.0 Å². The van der Waals surface area contributed by atoms with E-state index >= 15 is 0 Å². The van der Waals surface area contributed by atoms with Crippen LogP contribution < -0.4 is 14.4 Å². The van der Waals surface area contributed by atoms with Gasteiger partial charge in [0.15, 0.2) is 0 Å². The van der Waals surface area contributed by atoms with E-state index in [9.17, 15) is 13.2 Å². The van der Waals surface area contributed by atoms with Crippen LogP contribution in [0.3, 0.4) is 0 Å². The highest BCUT2D eigenvalue weighted by Crippen LogP contribution is 2.28. The monoisotopic (exact) mass is 504 g/mol. The zero-order valence-corrected chi connectivity index (χ0v) is 21.8. The summed E-state index contributed by atoms with van der Waals surface area (Å²) in [4.78, 5) is 12.9. The maximum atomic E-state index is 13.5. The second-order valence-electron chi connectivity index (χ2n) is 8.59. The molecule has 0 aromatic heterocycles. The number of hydrogen-bond acceptors (Lipinski definition) is 5. The van der Waals surface area contributed by atoms with E-state index in [1.807, 2.05) is 37.7 Å². The molecule has 3 rings (SSSR count). The molecule has 0 heterocycles. The average Bonchev–Trinajstić information content (AvgIpc) is 2.84. The fourth-order valence-electron chi connectivity index (χ4n) is 4.00. The van der Waals surface area contributed by atoms with Gasteiger partial charge in [-0.25, -0.2) is 8.42 Å². The number of carbonyl (C=O) groups is 1. The molecular formula is C26H36N2O4S2. The molecule has 1 saturated carbocycles. The third-order valence-corrected chi connectivity index (χ3v) is 9.14. The van der Waals surface area contributed by atoms with Crippen molar-refractivity contribution in [1.29, 1.82) is 0 Å². The molecule has 34 heavy (non-hydrogen) atoms. The Kier molecular flexibility index (Phi) is 10.1. The molecule has 2 aromatic carbocycles. The first kappa shape index (κ1) is 26.4. The molecule has 1 fully saturated rings. The highest BCUT2D eigenvalue weighted by molar-refractivity contribution is 7.99. The molecule has 0 unspecified atom stereocenters. The first-order chi connectivity index (χ1) is 16.4. The van der Waals surface area contributed by atoms with Gasteiger partial charge >= 0.3 is 0 Å². The predicted molar refractivity (Wildman–Crippen MR) is 140 cm³/mol. The molecule has 1 amide bonds. The van der Waals surface area contributed by atoms with Crippen LogP contribution in [0.1, 0.15) is 51.0 Å². The maximum absolute atomic E-state index is 13.5. The van der Waals surface area contributed by atoms with Gasteiger partial charge in [-0.1, -0.05) is 37.0 Å². The molecule has 0 spiro atoms. The van der Waals surface area contributed by atoms with Gasteiger partial charge in [-0.05, 0) is 75.3 Å². The summed E-state index contributed by atoms with van der Waals surface area (Å²) in [5, 5.41) is 3.65. The molecular weight excluding hydrogens is 468 g/mol. The van der Waals surface area contributed by atoms with E-state index in [1.54, 1.807) is 24.3 Å².